The zero-order valence-electron chi connectivity index (χ0n) is 14.6. The van der Waals surface area contributed by atoms with Crippen molar-refractivity contribution in [3.63, 3.8) is 0 Å². The Hall–Kier alpha value is -2.38. The van der Waals surface area contributed by atoms with Crippen molar-refractivity contribution in [3.05, 3.63) is 65.7 Å². The lowest BCUT2D eigenvalue weighted by Crippen LogP contribution is -2.32. The number of rotatable bonds is 5. The first-order valence-electron chi connectivity index (χ1n) is 8.60. The van der Waals surface area contributed by atoms with Crippen LogP contribution in [0.2, 0.25) is 0 Å². The smallest absolute Gasteiger partial charge is 0.256 e. The van der Waals surface area contributed by atoms with Gasteiger partial charge in [-0.25, -0.2) is 8.42 Å². The SMILES string of the molecule is CCS(=O)(=O)Nc1ccccc1C(=O)N1C[C@@H](N)[C@H](c2ccccc2)C1. The average Bonchev–Trinajstić information content (AvgIpc) is 3.04. The molecule has 1 aliphatic heterocycles. The van der Waals surface area contributed by atoms with Gasteiger partial charge in [-0.05, 0) is 24.6 Å². The quantitative estimate of drug-likeness (QED) is 0.839. The Bertz CT molecular complexity index is 884. The van der Waals surface area contributed by atoms with Crippen LogP contribution in [0.15, 0.2) is 54.6 Å². The molecule has 2 aromatic carbocycles. The Balaban J connectivity index is 1.83. The molecule has 0 spiro atoms. The predicted octanol–water partition coefficient (Wildman–Crippen LogP) is 2.02. The van der Waals surface area contributed by atoms with Crippen LogP contribution < -0.4 is 10.5 Å². The van der Waals surface area contributed by atoms with E-state index >= 15 is 0 Å². The number of para-hydroxylation sites is 1. The summed E-state index contributed by atoms with van der Waals surface area (Å²) in [6.45, 7) is 2.50. The maximum absolute atomic E-state index is 13.0. The summed E-state index contributed by atoms with van der Waals surface area (Å²) in [6, 6.07) is 16.4. The van der Waals surface area contributed by atoms with Gasteiger partial charge >= 0.3 is 0 Å². The van der Waals surface area contributed by atoms with Crippen molar-refractivity contribution >= 4 is 21.6 Å². The van der Waals surface area contributed by atoms with Crippen LogP contribution in [0, 0.1) is 0 Å². The van der Waals surface area contributed by atoms with Gasteiger partial charge in [-0.3, -0.25) is 9.52 Å². The standard InChI is InChI=1S/C19H23N3O3S/c1-2-26(24,25)21-18-11-7-6-10-15(18)19(23)22-12-16(17(20)13-22)14-8-4-3-5-9-14/h3-11,16-17,21H,2,12-13,20H2,1H3/t16-,17+/m0/s1. The third kappa shape index (κ3) is 3.89. The molecule has 1 heterocycles. The molecule has 0 radical (unpaired) electrons. The summed E-state index contributed by atoms with van der Waals surface area (Å²) >= 11 is 0. The number of carbonyl (C=O) groups excluding carboxylic acids is 1. The molecule has 1 amide bonds. The number of carbonyl (C=O) groups is 1. The molecule has 0 bridgehead atoms. The molecule has 0 aromatic heterocycles. The van der Waals surface area contributed by atoms with Gasteiger partial charge in [-0.2, -0.15) is 0 Å². The Morgan fingerprint density at radius 1 is 1.12 bits per heavy atom. The van der Waals surface area contributed by atoms with Gasteiger partial charge in [0.2, 0.25) is 10.0 Å². The highest BCUT2D eigenvalue weighted by molar-refractivity contribution is 7.92. The van der Waals surface area contributed by atoms with Crippen molar-refractivity contribution in [1.29, 1.82) is 0 Å². The highest BCUT2D eigenvalue weighted by Crippen LogP contribution is 2.29. The van der Waals surface area contributed by atoms with Gasteiger partial charge < -0.3 is 10.6 Å². The number of anilines is 1. The minimum absolute atomic E-state index is 0.0554. The number of likely N-dealkylation sites (tertiary alicyclic amines) is 1. The molecule has 26 heavy (non-hydrogen) atoms. The van der Waals surface area contributed by atoms with Crippen LogP contribution in [0.25, 0.3) is 0 Å². The fraction of sp³-hybridized carbons (Fsp3) is 0.316. The third-order valence-corrected chi connectivity index (χ3v) is 5.97. The summed E-state index contributed by atoms with van der Waals surface area (Å²) in [5.74, 6) is -0.201. The molecule has 1 aliphatic rings. The van der Waals surface area contributed by atoms with Crippen LogP contribution in [-0.2, 0) is 10.0 Å². The Morgan fingerprint density at radius 3 is 2.46 bits per heavy atom. The number of amides is 1. The number of hydrogen-bond acceptors (Lipinski definition) is 4. The molecule has 0 saturated carbocycles. The third-order valence-electron chi connectivity index (χ3n) is 4.68. The van der Waals surface area contributed by atoms with E-state index in [0.717, 1.165) is 5.56 Å². The lowest BCUT2D eigenvalue weighted by molar-refractivity contribution is 0.0790. The van der Waals surface area contributed by atoms with Crippen LogP contribution in [0.4, 0.5) is 5.69 Å². The van der Waals surface area contributed by atoms with Crippen molar-refractivity contribution in [1.82, 2.24) is 4.90 Å². The maximum atomic E-state index is 13.0. The second kappa shape index (κ2) is 7.47. The van der Waals surface area contributed by atoms with Gasteiger partial charge in [-0.15, -0.1) is 0 Å². The molecule has 0 unspecified atom stereocenters. The molecule has 0 aliphatic carbocycles. The Kier molecular flexibility index (Phi) is 5.29. The molecule has 1 saturated heterocycles. The topological polar surface area (TPSA) is 92.5 Å². The molecular formula is C19H23N3O3S. The maximum Gasteiger partial charge on any atom is 0.256 e. The van der Waals surface area contributed by atoms with Crippen LogP contribution in [0.1, 0.15) is 28.8 Å². The minimum Gasteiger partial charge on any atom is -0.336 e. The van der Waals surface area contributed by atoms with E-state index in [1.807, 2.05) is 30.3 Å². The van der Waals surface area contributed by atoms with Crippen molar-refractivity contribution in [3.8, 4) is 0 Å². The summed E-state index contributed by atoms with van der Waals surface area (Å²) in [7, 11) is -3.46. The molecule has 6 nitrogen and oxygen atoms in total. The van der Waals surface area contributed by atoms with E-state index in [1.54, 1.807) is 36.1 Å². The van der Waals surface area contributed by atoms with Gasteiger partial charge in [0.25, 0.3) is 5.91 Å². The van der Waals surface area contributed by atoms with Crippen LogP contribution in [-0.4, -0.2) is 44.1 Å². The summed E-state index contributed by atoms with van der Waals surface area (Å²) in [5.41, 5.74) is 8.02. The lowest BCUT2D eigenvalue weighted by Gasteiger charge is -2.19. The number of nitrogens with two attached hydrogens (primary N) is 1. The molecule has 138 valence electrons. The lowest BCUT2D eigenvalue weighted by atomic mass is 9.95. The van der Waals surface area contributed by atoms with E-state index in [-0.39, 0.29) is 23.6 Å². The number of hydrogen-bond donors (Lipinski definition) is 2. The molecular weight excluding hydrogens is 350 g/mol. The minimum atomic E-state index is -3.46. The second-order valence-electron chi connectivity index (χ2n) is 6.44. The fourth-order valence-electron chi connectivity index (χ4n) is 3.22. The van der Waals surface area contributed by atoms with E-state index in [0.29, 0.717) is 24.3 Å². The zero-order valence-corrected chi connectivity index (χ0v) is 15.4. The number of nitrogens with one attached hydrogen (secondary N) is 1. The Labute approximate surface area is 154 Å². The molecule has 2 aromatic rings. The molecule has 7 heteroatoms. The first-order valence-corrected chi connectivity index (χ1v) is 10.3. The van der Waals surface area contributed by atoms with Crippen molar-refractivity contribution in [2.24, 2.45) is 5.73 Å². The molecule has 2 atom stereocenters. The Morgan fingerprint density at radius 2 is 1.77 bits per heavy atom. The zero-order chi connectivity index (χ0) is 18.7. The summed E-state index contributed by atoms with van der Waals surface area (Å²) in [5, 5.41) is 0. The first-order chi connectivity index (χ1) is 12.4. The van der Waals surface area contributed by atoms with Crippen molar-refractivity contribution < 1.29 is 13.2 Å². The predicted molar refractivity (Wildman–Crippen MR) is 103 cm³/mol. The number of sulfonamides is 1. The van der Waals surface area contributed by atoms with Gasteiger partial charge in [0.05, 0.1) is 17.0 Å². The number of benzene rings is 2. The normalized spacial score (nSPS) is 20.2. The highest BCUT2D eigenvalue weighted by Gasteiger charge is 2.34. The monoisotopic (exact) mass is 373 g/mol. The van der Waals surface area contributed by atoms with E-state index in [9.17, 15) is 13.2 Å². The largest absolute Gasteiger partial charge is 0.336 e. The first kappa shape index (κ1) is 18.4. The van der Waals surface area contributed by atoms with Gasteiger partial charge in [0.15, 0.2) is 0 Å². The number of nitrogens with zero attached hydrogens (tertiary/aromatic N) is 1. The van der Waals surface area contributed by atoms with Crippen molar-refractivity contribution in [2.45, 2.75) is 18.9 Å². The fourth-order valence-corrected chi connectivity index (χ4v) is 3.87. The summed E-state index contributed by atoms with van der Waals surface area (Å²) in [6.07, 6.45) is 0. The highest BCUT2D eigenvalue weighted by atomic mass is 32.2. The molecule has 1 fully saturated rings. The van der Waals surface area contributed by atoms with Gasteiger partial charge in [-0.1, -0.05) is 42.5 Å². The average molecular weight is 373 g/mol. The van der Waals surface area contributed by atoms with Crippen molar-refractivity contribution in [2.75, 3.05) is 23.6 Å². The van der Waals surface area contributed by atoms with Crippen LogP contribution in [0.5, 0.6) is 0 Å². The van der Waals surface area contributed by atoms with E-state index in [1.165, 1.54) is 0 Å². The summed E-state index contributed by atoms with van der Waals surface area (Å²) in [4.78, 5) is 14.7. The molecule has 3 rings (SSSR count). The van der Waals surface area contributed by atoms with Gasteiger partial charge in [0, 0.05) is 25.0 Å². The second-order valence-corrected chi connectivity index (χ2v) is 8.45. The molecule has 3 N–H and O–H groups in total. The van der Waals surface area contributed by atoms with E-state index in [2.05, 4.69) is 4.72 Å². The van der Waals surface area contributed by atoms with Crippen LogP contribution >= 0.6 is 0 Å². The van der Waals surface area contributed by atoms with Gasteiger partial charge in [0.1, 0.15) is 0 Å². The van der Waals surface area contributed by atoms with Crippen LogP contribution in [0.3, 0.4) is 0 Å². The van der Waals surface area contributed by atoms with E-state index < -0.39 is 10.0 Å². The summed E-state index contributed by atoms with van der Waals surface area (Å²) < 4.78 is 26.3. The van der Waals surface area contributed by atoms with E-state index in [4.69, 9.17) is 5.73 Å².